The molecule has 4 atom stereocenters. The van der Waals surface area contributed by atoms with Gasteiger partial charge in [0, 0.05) is 18.3 Å². The van der Waals surface area contributed by atoms with Gasteiger partial charge in [0.1, 0.15) is 6.04 Å². The molecule has 2 aliphatic rings. The summed E-state index contributed by atoms with van der Waals surface area (Å²) in [5.74, 6) is -0.0548. The van der Waals surface area contributed by atoms with Gasteiger partial charge in [-0.25, -0.2) is 9.59 Å². The van der Waals surface area contributed by atoms with Gasteiger partial charge in [0.25, 0.3) is 0 Å². The maximum Gasteiger partial charge on any atom is 0.327 e. The van der Waals surface area contributed by atoms with Crippen molar-refractivity contribution in [3.8, 4) is 0 Å². The Kier molecular flexibility index (Phi) is 5.37. The van der Waals surface area contributed by atoms with Gasteiger partial charge in [-0.05, 0) is 32.4 Å². The molecule has 6 nitrogen and oxygen atoms in total. The molecule has 2 N–H and O–H groups in total. The van der Waals surface area contributed by atoms with Crippen molar-refractivity contribution < 1.29 is 14.7 Å². The van der Waals surface area contributed by atoms with Gasteiger partial charge in [-0.15, -0.1) is 11.8 Å². The van der Waals surface area contributed by atoms with Crippen molar-refractivity contribution in [3.05, 3.63) is 0 Å². The first-order valence-corrected chi connectivity index (χ1v) is 8.60. The van der Waals surface area contributed by atoms with Crippen molar-refractivity contribution in [2.24, 2.45) is 5.92 Å². The quantitative estimate of drug-likeness (QED) is 0.821. The van der Waals surface area contributed by atoms with E-state index in [-0.39, 0.29) is 17.4 Å². The molecule has 0 spiro atoms. The van der Waals surface area contributed by atoms with Crippen molar-refractivity contribution >= 4 is 23.8 Å². The Balaban J connectivity index is 2.02. The molecular formula is C14H25N3O3S. The number of amides is 2. The number of rotatable bonds is 3. The maximum absolute atomic E-state index is 12.5. The van der Waals surface area contributed by atoms with Gasteiger partial charge in [0.15, 0.2) is 0 Å². The first-order chi connectivity index (χ1) is 9.93. The van der Waals surface area contributed by atoms with Crippen LogP contribution in [0.2, 0.25) is 0 Å². The predicted molar refractivity (Wildman–Crippen MR) is 83.4 cm³/mol. The number of carbonyl (C=O) groups is 2. The van der Waals surface area contributed by atoms with Crippen molar-refractivity contribution in [2.75, 3.05) is 25.9 Å². The van der Waals surface area contributed by atoms with Gasteiger partial charge >= 0.3 is 12.0 Å². The number of likely N-dealkylation sites (tertiary alicyclic amines) is 1. The summed E-state index contributed by atoms with van der Waals surface area (Å²) in [5, 5.41) is 12.3. The molecule has 7 heteroatoms. The molecule has 21 heavy (non-hydrogen) atoms. The molecule has 2 aliphatic heterocycles. The predicted octanol–water partition coefficient (Wildman–Crippen LogP) is 1.27. The number of carbonyl (C=O) groups excluding carboxylic acids is 1. The third kappa shape index (κ3) is 3.63. The molecule has 4 unspecified atom stereocenters. The number of carboxylic acids is 1. The minimum Gasteiger partial charge on any atom is -0.480 e. The minimum atomic E-state index is -0.912. The highest BCUT2D eigenvalue weighted by Gasteiger charge is 2.41. The van der Waals surface area contributed by atoms with Crippen LogP contribution in [0, 0.1) is 5.92 Å². The molecule has 2 saturated heterocycles. The summed E-state index contributed by atoms with van der Waals surface area (Å²) in [4.78, 5) is 27.7. The lowest BCUT2D eigenvalue weighted by molar-refractivity contribution is -0.141. The number of nitrogens with zero attached hydrogens (tertiary/aromatic N) is 2. The number of urea groups is 1. The second kappa shape index (κ2) is 6.87. The number of hydrogen-bond donors (Lipinski definition) is 2. The normalized spacial score (nSPS) is 34.0. The summed E-state index contributed by atoms with van der Waals surface area (Å²) >= 11 is 1.55. The largest absolute Gasteiger partial charge is 0.480 e. The van der Waals surface area contributed by atoms with Gasteiger partial charge in [-0.3, -0.25) is 4.90 Å². The number of aliphatic carboxylic acids is 1. The van der Waals surface area contributed by atoms with E-state index < -0.39 is 12.0 Å². The zero-order valence-electron chi connectivity index (χ0n) is 12.9. The zero-order chi connectivity index (χ0) is 15.6. The number of hydrogen-bond acceptors (Lipinski definition) is 4. The molecule has 0 saturated carbocycles. The topological polar surface area (TPSA) is 72.9 Å². The maximum atomic E-state index is 12.5. The molecule has 0 bridgehead atoms. The Hall–Kier alpha value is -0.950. The highest BCUT2D eigenvalue weighted by molar-refractivity contribution is 8.00. The van der Waals surface area contributed by atoms with E-state index in [2.05, 4.69) is 24.2 Å². The van der Waals surface area contributed by atoms with Crippen LogP contribution >= 0.6 is 11.8 Å². The van der Waals surface area contributed by atoms with E-state index in [0.717, 1.165) is 25.9 Å². The molecule has 2 amide bonds. The molecule has 0 aromatic rings. The Morgan fingerprint density at radius 3 is 2.71 bits per heavy atom. The van der Waals surface area contributed by atoms with Crippen molar-refractivity contribution in [1.29, 1.82) is 0 Å². The number of nitrogens with one attached hydrogen (secondary N) is 1. The number of thioether (sulfide) groups is 1. The first kappa shape index (κ1) is 16.4. The monoisotopic (exact) mass is 315 g/mol. The summed E-state index contributed by atoms with van der Waals surface area (Å²) in [7, 11) is 2.08. The first-order valence-electron chi connectivity index (χ1n) is 7.55. The van der Waals surface area contributed by atoms with Crippen molar-refractivity contribution in [2.45, 2.75) is 44.1 Å². The molecule has 2 heterocycles. The average Bonchev–Trinajstić information content (AvgIpc) is 2.86. The fourth-order valence-corrected chi connectivity index (χ4v) is 4.49. The van der Waals surface area contributed by atoms with Gasteiger partial charge < -0.3 is 15.3 Å². The van der Waals surface area contributed by atoms with Crippen LogP contribution < -0.4 is 5.32 Å². The van der Waals surface area contributed by atoms with E-state index in [4.69, 9.17) is 0 Å². The van der Waals surface area contributed by atoms with Gasteiger partial charge in [-0.1, -0.05) is 13.8 Å². The summed E-state index contributed by atoms with van der Waals surface area (Å²) < 4.78 is 0. The lowest BCUT2D eigenvalue weighted by Crippen LogP contribution is -2.56. The summed E-state index contributed by atoms with van der Waals surface area (Å²) in [5.41, 5.74) is 0. The SMILES string of the molecule is CCC1SCC(C(=O)O)N1C(=O)NC1CCN(C)CC1C. The molecule has 0 radical (unpaired) electrons. The Morgan fingerprint density at radius 2 is 2.14 bits per heavy atom. The van der Waals surface area contributed by atoms with Crippen LogP contribution in [0.5, 0.6) is 0 Å². The smallest absolute Gasteiger partial charge is 0.327 e. The highest BCUT2D eigenvalue weighted by Crippen LogP contribution is 2.31. The van der Waals surface area contributed by atoms with Gasteiger partial charge in [0.05, 0.1) is 5.37 Å². The van der Waals surface area contributed by atoms with Crippen LogP contribution in [0.25, 0.3) is 0 Å². The Labute approximate surface area is 130 Å². The van der Waals surface area contributed by atoms with Crippen LogP contribution in [0.3, 0.4) is 0 Å². The van der Waals surface area contributed by atoms with E-state index in [1.165, 1.54) is 4.90 Å². The average molecular weight is 315 g/mol. The second-order valence-corrected chi connectivity index (χ2v) is 7.25. The highest BCUT2D eigenvalue weighted by atomic mass is 32.2. The molecule has 2 fully saturated rings. The fraction of sp³-hybridized carbons (Fsp3) is 0.857. The van der Waals surface area contributed by atoms with Gasteiger partial charge in [0.2, 0.25) is 0 Å². The third-order valence-electron chi connectivity index (χ3n) is 4.38. The Bertz CT molecular complexity index is 407. The van der Waals surface area contributed by atoms with Crippen LogP contribution in [-0.4, -0.2) is 70.3 Å². The van der Waals surface area contributed by atoms with Crippen molar-refractivity contribution in [3.63, 3.8) is 0 Å². The molecule has 120 valence electrons. The van der Waals surface area contributed by atoms with Crippen LogP contribution in [0.15, 0.2) is 0 Å². The lowest BCUT2D eigenvalue weighted by Gasteiger charge is -2.37. The van der Waals surface area contributed by atoms with E-state index in [0.29, 0.717) is 11.7 Å². The Morgan fingerprint density at radius 1 is 1.43 bits per heavy atom. The molecule has 0 aliphatic carbocycles. The fourth-order valence-electron chi connectivity index (χ4n) is 3.14. The van der Waals surface area contributed by atoms with Crippen LogP contribution in [-0.2, 0) is 4.79 Å². The molecule has 0 aromatic carbocycles. The molecule has 0 aromatic heterocycles. The summed E-state index contributed by atoms with van der Waals surface area (Å²) in [6.07, 6.45) is 1.68. The lowest BCUT2D eigenvalue weighted by atomic mass is 9.94. The number of piperidine rings is 1. The van der Waals surface area contributed by atoms with Gasteiger partial charge in [-0.2, -0.15) is 0 Å². The van der Waals surface area contributed by atoms with E-state index >= 15 is 0 Å². The van der Waals surface area contributed by atoms with Crippen LogP contribution in [0.1, 0.15) is 26.7 Å². The van der Waals surface area contributed by atoms with E-state index in [9.17, 15) is 14.7 Å². The van der Waals surface area contributed by atoms with Crippen LogP contribution in [0.4, 0.5) is 4.79 Å². The second-order valence-electron chi connectivity index (χ2n) is 6.04. The van der Waals surface area contributed by atoms with E-state index in [1.54, 1.807) is 11.8 Å². The standard InChI is InChI=1S/C14H25N3O3S/c1-4-12-17(11(8-21-12)13(18)19)14(20)15-10-5-6-16(3)7-9(10)2/h9-12H,4-8H2,1-3H3,(H,15,20)(H,18,19). The number of carboxylic acid groups (broad SMARTS) is 1. The van der Waals surface area contributed by atoms with E-state index in [1.807, 2.05) is 6.92 Å². The minimum absolute atomic E-state index is 0.0346. The summed E-state index contributed by atoms with van der Waals surface area (Å²) in [6.45, 7) is 6.04. The molecule has 2 rings (SSSR count). The zero-order valence-corrected chi connectivity index (χ0v) is 13.7. The third-order valence-corrected chi connectivity index (χ3v) is 5.83. The summed E-state index contributed by atoms with van der Waals surface area (Å²) in [6, 6.07) is -0.798. The molecular weight excluding hydrogens is 290 g/mol. The van der Waals surface area contributed by atoms with Crippen molar-refractivity contribution in [1.82, 2.24) is 15.1 Å².